The first kappa shape index (κ1) is 12.2. The first-order valence-electron chi connectivity index (χ1n) is 4.31. The van der Waals surface area contributed by atoms with Gasteiger partial charge in [0.05, 0.1) is 0 Å². The molecule has 0 aromatic carbocycles. The van der Waals surface area contributed by atoms with Crippen LogP contribution in [0.4, 0.5) is 8.78 Å². The Morgan fingerprint density at radius 3 is 2.08 bits per heavy atom. The fourth-order valence-electron chi connectivity index (χ4n) is 1.17. The maximum Gasteiger partial charge on any atom is 0.252 e. The molecular weight excluding hydrogens is 182 g/mol. The van der Waals surface area contributed by atoms with Crippen molar-refractivity contribution in [2.24, 2.45) is 5.41 Å². The minimum Gasteiger partial charge on any atom is -0.206 e. The summed E-state index contributed by atoms with van der Waals surface area (Å²) >= 11 is 5.46. The van der Waals surface area contributed by atoms with Gasteiger partial charge in [-0.3, -0.25) is 0 Å². The molecule has 0 saturated carbocycles. The van der Waals surface area contributed by atoms with Crippen molar-refractivity contribution in [3.05, 3.63) is 0 Å². The van der Waals surface area contributed by atoms with Crippen LogP contribution in [0, 0.1) is 5.41 Å². The van der Waals surface area contributed by atoms with Gasteiger partial charge in [0, 0.05) is 17.7 Å². The summed E-state index contributed by atoms with van der Waals surface area (Å²) in [6, 6.07) is 0. The van der Waals surface area contributed by atoms with Crippen molar-refractivity contribution in [3.63, 3.8) is 0 Å². The summed E-state index contributed by atoms with van der Waals surface area (Å²) in [5.41, 5.74) is -0.920. The quantitative estimate of drug-likeness (QED) is 0.584. The van der Waals surface area contributed by atoms with Gasteiger partial charge in [0.2, 0.25) is 0 Å². The monoisotopic (exact) mass is 198 g/mol. The molecule has 3 heteroatoms. The molecule has 0 spiro atoms. The Balaban J connectivity index is 4.17. The number of halogens is 3. The second kappa shape index (κ2) is 4.40. The summed E-state index contributed by atoms with van der Waals surface area (Å²) in [5.74, 6) is -2.11. The largest absolute Gasteiger partial charge is 0.252 e. The van der Waals surface area contributed by atoms with Crippen LogP contribution in [0.3, 0.4) is 0 Å². The molecule has 0 nitrogen and oxygen atoms in total. The highest BCUT2D eigenvalue weighted by Gasteiger charge is 2.43. The first-order valence-corrected chi connectivity index (χ1v) is 4.84. The molecule has 0 amide bonds. The van der Waals surface area contributed by atoms with Gasteiger partial charge in [-0.2, -0.15) is 0 Å². The van der Waals surface area contributed by atoms with Crippen LogP contribution in [0.1, 0.15) is 40.0 Å². The van der Waals surface area contributed by atoms with Crippen molar-refractivity contribution in [3.8, 4) is 0 Å². The van der Waals surface area contributed by atoms with E-state index in [2.05, 4.69) is 0 Å². The Morgan fingerprint density at radius 1 is 1.25 bits per heavy atom. The van der Waals surface area contributed by atoms with E-state index in [1.54, 1.807) is 13.8 Å². The van der Waals surface area contributed by atoms with Gasteiger partial charge in [-0.05, 0) is 12.8 Å². The normalized spacial score (nSPS) is 13.5. The molecule has 0 heterocycles. The highest BCUT2D eigenvalue weighted by molar-refractivity contribution is 6.17. The highest BCUT2D eigenvalue weighted by atomic mass is 35.5. The van der Waals surface area contributed by atoms with Gasteiger partial charge in [0.15, 0.2) is 0 Å². The zero-order valence-electron chi connectivity index (χ0n) is 7.96. The maximum atomic E-state index is 13.2. The summed E-state index contributed by atoms with van der Waals surface area (Å²) in [6.45, 7) is 4.72. The van der Waals surface area contributed by atoms with Gasteiger partial charge in [-0.25, -0.2) is 8.78 Å². The third-order valence-electron chi connectivity index (χ3n) is 2.37. The van der Waals surface area contributed by atoms with Gasteiger partial charge in [0.25, 0.3) is 5.92 Å². The molecule has 0 radical (unpaired) electrons. The Labute approximate surface area is 78.3 Å². The number of hydrogen-bond acceptors (Lipinski definition) is 0. The minimum absolute atomic E-state index is 0.0950. The van der Waals surface area contributed by atoms with Gasteiger partial charge < -0.3 is 0 Å². The zero-order chi connectivity index (χ0) is 9.83. The maximum absolute atomic E-state index is 13.2. The lowest BCUT2D eigenvalue weighted by Gasteiger charge is -2.33. The molecule has 74 valence electrons. The van der Waals surface area contributed by atoms with Crippen LogP contribution in [-0.4, -0.2) is 11.8 Å². The number of alkyl halides is 3. The minimum atomic E-state index is -2.57. The van der Waals surface area contributed by atoms with Crippen LogP contribution in [0.25, 0.3) is 0 Å². The van der Waals surface area contributed by atoms with Crippen molar-refractivity contribution in [1.29, 1.82) is 0 Å². The molecule has 12 heavy (non-hydrogen) atoms. The van der Waals surface area contributed by atoms with Crippen LogP contribution in [0.2, 0.25) is 0 Å². The van der Waals surface area contributed by atoms with Crippen molar-refractivity contribution < 1.29 is 8.78 Å². The number of hydrogen-bond donors (Lipinski definition) is 0. The average Bonchev–Trinajstić information content (AvgIpc) is 2.00. The van der Waals surface area contributed by atoms with Crippen LogP contribution in [0.5, 0.6) is 0 Å². The Hall–Kier alpha value is 0.150. The second-order valence-electron chi connectivity index (χ2n) is 3.73. The molecule has 0 N–H and O–H groups in total. The van der Waals surface area contributed by atoms with E-state index in [1.807, 2.05) is 0 Å². The molecule has 0 fully saturated rings. The van der Waals surface area contributed by atoms with E-state index in [4.69, 9.17) is 11.6 Å². The lowest BCUT2D eigenvalue weighted by atomic mass is 9.80. The van der Waals surface area contributed by atoms with E-state index >= 15 is 0 Å². The molecule has 0 rings (SSSR count). The highest BCUT2D eigenvalue weighted by Crippen LogP contribution is 2.42. The molecular formula is C9H17ClF2. The third-order valence-corrected chi connectivity index (χ3v) is 2.64. The van der Waals surface area contributed by atoms with E-state index in [0.717, 1.165) is 0 Å². The van der Waals surface area contributed by atoms with Crippen LogP contribution < -0.4 is 0 Å². The molecule has 0 aliphatic carbocycles. The van der Waals surface area contributed by atoms with Gasteiger partial charge >= 0.3 is 0 Å². The average molecular weight is 199 g/mol. The molecule has 0 atom stereocenters. The fourth-order valence-corrected chi connectivity index (χ4v) is 1.30. The smallest absolute Gasteiger partial charge is 0.206 e. The summed E-state index contributed by atoms with van der Waals surface area (Å²) < 4.78 is 26.4. The molecule has 0 unspecified atom stereocenters. The van der Waals surface area contributed by atoms with Crippen molar-refractivity contribution >= 4 is 11.6 Å². The summed E-state index contributed by atoms with van der Waals surface area (Å²) in [6.07, 6.45) is 1.05. The van der Waals surface area contributed by atoms with Gasteiger partial charge in [-0.1, -0.05) is 20.8 Å². The Kier molecular flexibility index (Phi) is 4.46. The molecule has 0 aliphatic rings. The van der Waals surface area contributed by atoms with E-state index in [-0.39, 0.29) is 6.42 Å². The Morgan fingerprint density at radius 2 is 1.75 bits per heavy atom. The van der Waals surface area contributed by atoms with Crippen molar-refractivity contribution in [2.45, 2.75) is 46.0 Å². The predicted octanol–water partition coefficient (Wildman–Crippen LogP) is 4.08. The SMILES string of the molecule is CCC(F)(F)C(C)(C)CCCCl. The van der Waals surface area contributed by atoms with E-state index in [1.165, 1.54) is 6.92 Å². The fraction of sp³-hybridized carbons (Fsp3) is 1.00. The zero-order valence-corrected chi connectivity index (χ0v) is 8.72. The summed E-state index contributed by atoms with van der Waals surface area (Å²) in [4.78, 5) is 0. The molecule has 0 aliphatic heterocycles. The van der Waals surface area contributed by atoms with Crippen LogP contribution in [-0.2, 0) is 0 Å². The molecule has 0 saturated heterocycles. The van der Waals surface area contributed by atoms with Crippen LogP contribution in [0.15, 0.2) is 0 Å². The lowest BCUT2D eigenvalue weighted by Crippen LogP contribution is -2.35. The van der Waals surface area contributed by atoms with E-state index in [9.17, 15) is 8.78 Å². The predicted molar refractivity (Wildman–Crippen MR) is 49.0 cm³/mol. The van der Waals surface area contributed by atoms with Gasteiger partial charge in [-0.15, -0.1) is 11.6 Å². The third kappa shape index (κ3) is 2.89. The summed E-state index contributed by atoms with van der Waals surface area (Å²) in [7, 11) is 0. The molecule has 0 aromatic rings. The lowest BCUT2D eigenvalue weighted by molar-refractivity contribution is -0.111. The van der Waals surface area contributed by atoms with Crippen molar-refractivity contribution in [2.75, 3.05) is 5.88 Å². The molecule has 0 aromatic heterocycles. The topological polar surface area (TPSA) is 0 Å². The van der Waals surface area contributed by atoms with E-state index in [0.29, 0.717) is 18.7 Å². The Bertz CT molecular complexity index is 132. The van der Waals surface area contributed by atoms with Crippen LogP contribution >= 0.6 is 11.6 Å². The number of rotatable bonds is 5. The van der Waals surface area contributed by atoms with Crippen molar-refractivity contribution in [1.82, 2.24) is 0 Å². The first-order chi connectivity index (χ1) is 5.37. The molecule has 0 bridgehead atoms. The van der Waals surface area contributed by atoms with E-state index < -0.39 is 11.3 Å². The van der Waals surface area contributed by atoms with Gasteiger partial charge in [0.1, 0.15) is 0 Å². The summed E-state index contributed by atoms with van der Waals surface area (Å²) in [5, 5.41) is 0. The second-order valence-corrected chi connectivity index (χ2v) is 4.11. The standard InChI is InChI=1S/C9H17ClF2/c1-4-9(11,12)8(2,3)6-5-7-10/h4-7H2,1-3H3.